The van der Waals surface area contributed by atoms with Gasteiger partial charge in [-0.2, -0.15) is 0 Å². The van der Waals surface area contributed by atoms with Crippen molar-refractivity contribution in [3.05, 3.63) is 83.9 Å². The maximum atomic E-state index is 12.9. The van der Waals surface area contributed by atoms with Crippen LogP contribution in [0.25, 0.3) is 0 Å². The second kappa shape index (κ2) is 7.24. The van der Waals surface area contributed by atoms with Gasteiger partial charge in [0.05, 0.1) is 11.3 Å². The number of ether oxygens (including phenoxy) is 1. The molecule has 1 aliphatic heterocycles. The fourth-order valence-corrected chi connectivity index (χ4v) is 5.37. The average molecular weight is 434 g/mol. The van der Waals surface area contributed by atoms with Crippen molar-refractivity contribution in [3.63, 3.8) is 0 Å². The molecule has 8 heteroatoms. The van der Waals surface area contributed by atoms with Crippen molar-refractivity contribution < 1.29 is 22.7 Å². The van der Waals surface area contributed by atoms with Crippen molar-refractivity contribution in [2.24, 2.45) is 0 Å². The number of hydrogen-bond donors (Lipinski definition) is 1. The van der Waals surface area contributed by atoms with Crippen LogP contribution in [0.2, 0.25) is 0 Å². The van der Waals surface area contributed by atoms with Crippen LogP contribution in [0, 0.1) is 0 Å². The highest BCUT2D eigenvalue weighted by Crippen LogP contribution is 2.40. The maximum absolute atomic E-state index is 12.9. The molecule has 2 amide bonds. The highest BCUT2D eigenvalue weighted by atomic mass is 32.2. The van der Waals surface area contributed by atoms with Crippen molar-refractivity contribution in [1.29, 1.82) is 0 Å². The molecule has 0 spiro atoms. The molecular formula is C23H18N2O5S. The summed E-state index contributed by atoms with van der Waals surface area (Å²) in [5.74, 6) is 0.0444. The lowest BCUT2D eigenvalue weighted by molar-refractivity contribution is 0.0864. The van der Waals surface area contributed by atoms with Crippen LogP contribution in [0.15, 0.2) is 77.7 Å². The van der Waals surface area contributed by atoms with E-state index in [9.17, 15) is 18.0 Å². The van der Waals surface area contributed by atoms with Gasteiger partial charge in [-0.3, -0.25) is 9.59 Å². The largest absolute Gasteiger partial charge is 0.455 e. The third-order valence-electron chi connectivity index (χ3n) is 5.20. The first-order valence-corrected chi connectivity index (χ1v) is 11.3. The van der Waals surface area contributed by atoms with Crippen LogP contribution >= 0.6 is 0 Å². The molecule has 1 N–H and O–H groups in total. The van der Waals surface area contributed by atoms with Gasteiger partial charge in [0, 0.05) is 11.6 Å². The number of amides is 2. The summed E-state index contributed by atoms with van der Waals surface area (Å²) < 4.78 is 32.4. The summed E-state index contributed by atoms with van der Waals surface area (Å²) >= 11 is 0. The van der Waals surface area contributed by atoms with E-state index >= 15 is 0 Å². The Morgan fingerprint density at radius 3 is 2.42 bits per heavy atom. The minimum absolute atomic E-state index is 0.108. The Morgan fingerprint density at radius 2 is 1.68 bits per heavy atom. The molecule has 2 aliphatic rings. The Kier molecular flexibility index (Phi) is 4.51. The lowest BCUT2D eigenvalue weighted by Gasteiger charge is -2.13. The van der Waals surface area contributed by atoms with E-state index in [0.717, 1.165) is 4.31 Å². The number of nitrogens with zero attached hydrogens (tertiary/aromatic N) is 1. The molecule has 0 radical (unpaired) electrons. The fourth-order valence-electron chi connectivity index (χ4n) is 3.53. The van der Waals surface area contributed by atoms with Crippen LogP contribution in [0.3, 0.4) is 0 Å². The third kappa shape index (κ3) is 3.44. The van der Waals surface area contributed by atoms with Gasteiger partial charge in [-0.1, -0.05) is 30.3 Å². The summed E-state index contributed by atoms with van der Waals surface area (Å²) in [6, 6.07) is 20.0. The summed E-state index contributed by atoms with van der Waals surface area (Å²) in [5.41, 5.74) is 0.689. The zero-order valence-corrected chi connectivity index (χ0v) is 17.1. The van der Waals surface area contributed by atoms with Gasteiger partial charge in [-0.25, -0.2) is 12.7 Å². The van der Waals surface area contributed by atoms with E-state index in [1.165, 1.54) is 18.2 Å². The van der Waals surface area contributed by atoms with Gasteiger partial charge in [-0.05, 0) is 55.3 Å². The molecule has 0 atom stereocenters. The number of anilines is 1. The topological polar surface area (TPSA) is 92.8 Å². The number of fused-ring (bicyclic) bond motifs is 1. The lowest BCUT2D eigenvalue weighted by Crippen LogP contribution is -2.31. The number of nitrogens with one attached hydrogen (secondary N) is 1. The van der Waals surface area contributed by atoms with E-state index in [4.69, 9.17) is 4.74 Å². The van der Waals surface area contributed by atoms with Crippen molar-refractivity contribution >= 4 is 27.5 Å². The number of benzene rings is 3. The van der Waals surface area contributed by atoms with Crippen LogP contribution < -0.4 is 10.1 Å². The van der Waals surface area contributed by atoms with Gasteiger partial charge in [-0.15, -0.1) is 0 Å². The summed E-state index contributed by atoms with van der Waals surface area (Å²) in [6.07, 6.45) is 1.34. The normalized spacial score (nSPS) is 16.6. The molecule has 3 aromatic rings. The molecule has 0 unspecified atom stereocenters. The molecule has 31 heavy (non-hydrogen) atoms. The lowest BCUT2D eigenvalue weighted by atomic mass is 10.1. The Hall–Kier alpha value is -3.65. The first-order valence-electron chi connectivity index (χ1n) is 9.81. The van der Waals surface area contributed by atoms with Crippen LogP contribution in [-0.2, 0) is 10.0 Å². The molecule has 1 saturated carbocycles. The van der Waals surface area contributed by atoms with Crippen molar-refractivity contribution in [3.8, 4) is 11.5 Å². The van der Waals surface area contributed by atoms with Crippen molar-refractivity contribution in [1.82, 2.24) is 4.31 Å². The molecule has 0 saturated heterocycles. The fraction of sp³-hybridized carbons (Fsp3) is 0.130. The summed E-state index contributed by atoms with van der Waals surface area (Å²) in [5, 5.41) is 2.77. The van der Waals surface area contributed by atoms with Crippen molar-refractivity contribution in [2.75, 3.05) is 5.32 Å². The van der Waals surface area contributed by atoms with Crippen molar-refractivity contribution in [2.45, 2.75) is 23.8 Å². The van der Waals surface area contributed by atoms with E-state index in [0.29, 0.717) is 30.0 Å². The molecule has 7 nitrogen and oxygen atoms in total. The van der Waals surface area contributed by atoms with Crippen LogP contribution in [0.1, 0.15) is 33.6 Å². The van der Waals surface area contributed by atoms with Gasteiger partial charge >= 0.3 is 0 Å². The quantitative estimate of drug-likeness (QED) is 0.654. The number of carbonyl (C=O) groups excluding carboxylic acids is 2. The molecule has 1 fully saturated rings. The molecule has 3 aromatic carbocycles. The van der Waals surface area contributed by atoms with Crippen LogP contribution in [0.5, 0.6) is 11.5 Å². The molecular weight excluding hydrogens is 416 g/mol. The number of para-hydroxylation sites is 3. The molecule has 1 aliphatic carbocycles. The second-order valence-electron chi connectivity index (χ2n) is 7.41. The Morgan fingerprint density at radius 1 is 0.968 bits per heavy atom. The molecule has 0 aromatic heterocycles. The Bertz CT molecular complexity index is 1300. The zero-order valence-electron chi connectivity index (χ0n) is 16.3. The summed E-state index contributed by atoms with van der Waals surface area (Å²) in [4.78, 5) is 25.3. The van der Waals surface area contributed by atoms with Gasteiger partial charge in [0.2, 0.25) is 0 Å². The summed E-state index contributed by atoms with van der Waals surface area (Å²) in [7, 11) is -3.93. The van der Waals surface area contributed by atoms with Crippen LogP contribution in [0.4, 0.5) is 5.69 Å². The Balaban J connectivity index is 1.42. The average Bonchev–Trinajstić information content (AvgIpc) is 3.57. The number of carbonyl (C=O) groups is 2. The van der Waals surface area contributed by atoms with E-state index in [2.05, 4.69) is 5.32 Å². The highest BCUT2D eigenvalue weighted by molar-refractivity contribution is 7.90. The monoisotopic (exact) mass is 434 g/mol. The maximum Gasteiger partial charge on any atom is 0.269 e. The minimum atomic E-state index is -3.93. The molecule has 1 heterocycles. The second-order valence-corrected chi connectivity index (χ2v) is 9.20. The standard InChI is InChI=1S/C23H18N2O5S/c26-22(24-19-8-4-5-9-20(19)30-17-6-2-1-3-7-17)15-10-13-18-21(14-15)31(28,29)25(23(18)27)16-11-12-16/h1-10,13-14,16H,11-12H2,(H,24,26). The molecule has 0 bridgehead atoms. The van der Waals surface area contributed by atoms with Gasteiger partial charge in [0.1, 0.15) is 10.6 Å². The zero-order chi connectivity index (χ0) is 21.6. The predicted octanol–water partition coefficient (Wildman–Crippen LogP) is 4.04. The first-order chi connectivity index (χ1) is 14.9. The first kappa shape index (κ1) is 19.3. The van der Waals surface area contributed by atoms with E-state index < -0.39 is 21.8 Å². The minimum Gasteiger partial charge on any atom is -0.455 e. The third-order valence-corrected chi connectivity index (χ3v) is 7.07. The SMILES string of the molecule is O=C(Nc1ccccc1Oc1ccccc1)c1ccc2c(c1)S(=O)(=O)N(C1CC1)C2=O. The van der Waals surface area contributed by atoms with E-state index in [1.54, 1.807) is 36.4 Å². The van der Waals surface area contributed by atoms with E-state index in [1.807, 2.05) is 18.2 Å². The van der Waals surface area contributed by atoms with Crippen LogP contribution in [-0.4, -0.2) is 30.6 Å². The predicted molar refractivity (Wildman–Crippen MR) is 114 cm³/mol. The highest BCUT2D eigenvalue weighted by Gasteiger charge is 2.48. The van der Waals surface area contributed by atoms with Gasteiger partial charge < -0.3 is 10.1 Å². The van der Waals surface area contributed by atoms with Gasteiger partial charge in [0.25, 0.3) is 21.8 Å². The Labute approximate surface area is 179 Å². The van der Waals surface area contributed by atoms with E-state index in [-0.39, 0.29) is 22.1 Å². The number of sulfonamides is 1. The number of hydrogen-bond acceptors (Lipinski definition) is 5. The molecule has 5 rings (SSSR count). The summed E-state index contributed by atoms with van der Waals surface area (Å²) in [6.45, 7) is 0. The number of rotatable bonds is 5. The molecule has 156 valence electrons. The van der Waals surface area contributed by atoms with Gasteiger partial charge in [0.15, 0.2) is 5.75 Å². The smallest absolute Gasteiger partial charge is 0.269 e.